The highest BCUT2D eigenvalue weighted by atomic mass is 19.1. The van der Waals surface area contributed by atoms with Crippen molar-refractivity contribution in [3.8, 4) is 0 Å². The second-order valence-corrected chi connectivity index (χ2v) is 4.62. The average Bonchev–Trinajstić information content (AvgIpc) is 2.72. The third-order valence-electron chi connectivity index (χ3n) is 3.16. The lowest BCUT2D eigenvalue weighted by atomic mass is 10.0. The molecule has 2 aromatic rings. The summed E-state index contributed by atoms with van der Waals surface area (Å²) in [6.07, 6.45) is 5.09. The number of benzene rings is 1. The van der Waals surface area contributed by atoms with Crippen LogP contribution in [0.3, 0.4) is 0 Å². The third kappa shape index (κ3) is 2.76. The molecule has 96 valence electrons. The van der Waals surface area contributed by atoms with Gasteiger partial charge in [-0.15, -0.1) is 0 Å². The molecule has 0 bridgehead atoms. The summed E-state index contributed by atoms with van der Waals surface area (Å²) in [6, 6.07) is 4.89. The van der Waals surface area contributed by atoms with Crippen molar-refractivity contribution in [3.05, 3.63) is 53.4 Å². The highest BCUT2D eigenvalue weighted by Crippen LogP contribution is 2.20. The van der Waals surface area contributed by atoms with E-state index in [9.17, 15) is 4.39 Å². The quantitative estimate of drug-likeness (QED) is 0.902. The molecule has 0 saturated heterocycles. The fourth-order valence-corrected chi connectivity index (χ4v) is 2.01. The van der Waals surface area contributed by atoms with Crippen LogP contribution in [0.25, 0.3) is 0 Å². The molecule has 0 radical (unpaired) electrons. The highest BCUT2D eigenvalue weighted by molar-refractivity contribution is 5.25. The molecule has 3 nitrogen and oxygen atoms in total. The zero-order valence-corrected chi connectivity index (χ0v) is 10.7. The van der Waals surface area contributed by atoms with Gasteiger partial charge in [0.05, 0.1) is 0 Å². The van der Waals surface area contributed by atoms with E-state index in [0.717, 1.165) is 17.8 Å². The molecule has 2 rings (SSSR count). The van der Waals surface area contributed by atoms with Crippen molar-refractivity contribution < 1.29 is 4.39 Å². The van der Waals surface area contributed by atoms with Gasteiger partial charge in [-0.2, -0.15) is 0 Å². The van der Waals surface area contributed by atoms with Crippen LogP contribution in [0.15, 0.2) is 30.6 Å². The molecule has 0 fully saturated rings. The van der Waals surface area contributed by atoms with Gasteiger partial charge in [0.1, 0.15) is 11.6 Å². The van der Waals surface area contributed by atoms with Gasteiger partial charge in [-0.05, 0) is 25.0 Å². The maximum atomic E-state index is 13.7. The fourth-order valence-electron chi connectivity index (χ4n) is 2.01. The van der Waals surface area contributed by atoms with Crippen LogP contribution in [0.2, 0.25) is 0 Å². The molecule has 0 aliphatic carbocycles. The molecule has 0 aliphatic rings. The van der Waals surface area contributed by atoms with E-state index in [1.165, 1.54) is 6.07 Å². The predicted molar refractivity (Wildman–Crippen MR) is 69.6 cm³/mol. The molecular formula is C14H18FN3. The predicted octanol–water partition coefficient (Wildman–Crippen LogP) is 2.50. The molecule has 0 spiro atoms. The van der Waals surface area contributed by atoms with Crippen LogP contribution in [0, 0.1) is 12.7 Å². The number of hydrogen-bond acceptors (Lipinski definition) is 2. The van der Waals surface area contributed by atoms with E-state index in [0.29, 0.717) is 12.0 Å². The Kier molecular flexibility index (Phi) is 3.77. The van der Waals surface area contributed by atoms with Gasteiger partial charge in [0, 0.05) is 37.5 Å². The Balaban J connectivity index is 2.03. The topological polar surface area (TPSA) is 43.8 Å². The Hall–Kier alpha value is -1.68. The highest BCUT2D eigenvalue weighted by Gasteiger charge is 2.12. The summed E-state index contributed by atoms with van der Waals surface area (Å²) in [5.41, 5.74) is 7.52. The van der Waals surface area contributed by atoms with E-state index in [-0.39, 0.29) is 11.9 Å². The molecule has 0 saturated carbocycles. The molecule has 1 aromatic carbocycles. The van der Waals surface area contributed by atoms with Crippen molar-refractivity contribution in [1.29, 1.82) is 0 Å². The standard InChI is InChI=1S/C14H18FN3/c1-10-3-4-11(12(15)9-10)13(16)5-6-14-17-7-8-18(14)2/h3-4,7-9,13H,5-6,16H2,1-2H3. The number of rotatable bonds is 4. The van der Waals surface area contributed by atoms with Gasteiger partial charge in [0.25, 0.3) is 0 Å². The minimum absolute atomic E-state index is 0.220. The average molecular weight is 247 g/mol. The Morgan fingerprint density at radius 1 is 1.44 bits per heavy atom. The smallest absolute Gasteiger partial charge is 0.128 e. The zero-order valence-electron chi connectivity index (χ0n) is 10.7. The van der Waals surface area contributed by atoms with E-state index in [1.54, 1.807) is 12.3 Å². The van der Waals surface area contributed by atoms with Crippen molar-refractivity contribution in [2.75, 3.05) is 0 Å². The van der Waals surface area contributed by atoms with Gasteiger partial charge in [-0.3, -0.25) is 0 Å². The molecule has 1 unspecified atom stereocenters. The molecule has 1 atom stereocenters. The maximum Gasteiger partial charge on any atom is 0.128 e. The van der Waals surface area contributed by atoms with Crippen LogP contribution in [-0.4, -0.2) is 9.55 Å². The summed E-state index contributed by atoms with van der Waals surface area (Å²) in [5.74, 6) is 0.750. The van der Waals surface area contributed by atoms with Crippen molar-refractivity contribution in [2.45, 2.75) is 25.8 Å². The first-order valence-corrected chi connectivity index (χ1v) is 6.05. The largest absolute Gasteiger partial charge is 0.338 e. The van der Waals surface area contributed by atoms with Gasteiger partial charge < -0.3 is 10.3 Å². The summed E-state index contributed by atoms with van der Waals surface area (Å²) in [6.45, 7) is 1.87. The molecule has 0 amide bonds. The van der Waals surface area contributed by atoms with Crippen molar-refractivity contribution in [2.24, 2.45) is 12.8 Å². The molecular weight excluding hydrogens is 229 g/mol. The third-order valence-corrected chi connectivity index (χ3v) is 3.16. The van der Waals surface area contributed by atoms with E-state index >= 15 is 0 Å². The second kappa shape index (κ2) is 5.31. The number of hydrogen-bond donors (Lipinski definition) is 1. The molecule has 18 heavy (non-hydrogen) atoms. The van der Waals surface area contributed by atoms with Gasteiger partial charge in [-0.25, -0.2) is 9.37 Å². The summed E-state index contributed by atoms with van der Waals surface area (Å²) in [5, 5.41) is 0. The monoisotopic (exact) mass is 247 g/mol. The fraction of sp³-hybridized carbons (Fsp3) is 0.357. The first-order valence-electron chi connectivity index (χ1n) is 6.05. The number of nitrogens with zero attached hydrogens (tertiary/aromatic N) is 2. The van der Waals surface area contributed by atoms with Crippen LogP contribution in [-0.2, 0) is 13.5 Å². The summed E-state index contributed by atoms with van der Waals surface area (Å²) in [7, 11) is 1.94. The van der Waals surface area contributed by atoms with Gasteiger partial charge in [-0.1, -0.05) is 12.1 Å². The summed E-state index contributed by atoms with van der Waals surface area (Å²) in [4.78, 5) is 4.23. The lowest BCUT2D eigenvalue weighted by Crippen LogP contribution is -2.14. The first-order chi connectivity index (χ1) is 8.58. The van der Waals surface area contributed by atoms with E-state index in [2.05, 4.69) is 4.98 Å². The van der Waals surface area contributed by atoms with E-state index < -0.39 is 0 Å². The molecule has 1 heterocycles. The lowest BCUT2D eigenvalue weighted by Gasteiger charge is -2.13. The SMILES string of the molecule is Cc1ccc(C(N)CCc2nccn2C)c(F)c1. The molecule has 2 N–H and O–H groups in total. The van der Waals surface area contributed by atoms with Crippen molar-refractivity contribution in [1.82, 2.24) is 9.55 Å². The van der Waals surface area contributed by atoms with Crippen LogP contribution in [0.5, 0.6) is 0 Å². The number of halogens is 1. The van der Waals surface area contributed by atoms with Crippen molar-refractivity contribution >= 4 is 0 Å². The zero-order chi connectivity index (χ0) is 13.1. The minimum atomic E-state index is -0.290. The van der Waals surface area contributed by atoms with Crippen LogP contribution >= 0.6 is 0 Å². The minimum Gasteiger partial charge on any atom is -0.338 e. The summed E-state index contributed by atoms with van der Waals surface area (Å²) < 4.78 is 15.7. The first kappa shape index (κ1) is 12.8. The Morgan fingerprint density at radius 2 is 2.22 bits per heavy atom. The van der Waals surface area contributed by atoms with E-state index in [4.69, 9.17) is 5.73 Å². The Bertz CT molecular complexity index is 534. The molecule has 4 heteroatoms. The van der Waals surface area contributed by atoms with Crippen molar-refractivity contribution in [3.63, 3.8) is 0 Å². The normalized spacial score (nSPS) is 12.7. The number of aryl methyl sites for hydroxylation is 3. The summed E-state index contributed by atoms with van der Waals surface area (Å²) >= 11 is 0. The maximum absolute atomic E-state index is 13.7. The van der Waals surface area contributed by atoms with Gasteiger partial charge in [0.2, 0.25) is 0 Å². The molecule has 1 aromatic heterocycles. The Labute approximate surface area is 106 Å². The van der Waals surface area contributed by atoms with Gasteiger partial charge in [0.15, 0.2) is 0 Å². The lowest BCUT2D eigenvalue weighted by molar-refractivity contribution is 0.555. The number of nitrogens with two attached hydrogens (primary N) is 1. The van der Waals surface area contributed by atoms with Gasteiger partial charge >= 0.3 is 0 Å². The number of imidazole rings is 1. The van der Waals surface area contributed by atoms with E-state index in [1.807, 2.05) is 30.8 Å². The molecule has 0 aliphatic heterocycles. The second-order valence-electron chi connectivity index (χ2n) is 4.62. The van der Waals surface area contributed by atoms with Crippen LogP contribution in [0.4, 0.5) is 4.39 Å². The Morgan fingerprint density at radius 3 is 2.83 bits per heavy atom. The van der Waals surface area contributed by atoms with Crippen LogP contribution in [0.1, 0.15) is 29.4 Å². The number of aromatic nitrogens is 2. The van der Waals surface area contributed by atoms with Crippen LogP contribution < -0.4 is 5.73 Å².